The number of rotatable bonds is 9. The fourth-order valence-electron chi connectivity index (χ4n) is 0.961. The Labute approximate surface area is 106 Å². The first-order valence-corrected chi connectivity index (χ1v) is 9.64. The van der Waals surface area contributed by atoms with Gasteiger partial charge in [0.1, 0.15) is 13.4 Å². The molecule has 0 bridgehead atoms. The van der Waals surface area contributed by atoms with E-state index in [2.05, 4.69) is 19.6 Å². The second-order valence-electron chi connectivity index (χ2n) is 5.04. The lowest BCUT2D eigenvalue weighted by molar-refractivity contribution is -0.124. The predicted octanol–water partition coefficient (Wildman–Crippen LogP) is 3.02. The molecule has 0 aliphatic heterocycles. The van der Waals surface area contributed by atoms with Crippen LogP contribution in [0.5, 0.6) is 0 Å². The van der Waals surface area contributed by atoms with E-state index in [0.29, 0.717) is 0 Å². The molecule has 0 N–H and O–H groups in total. The first-order chi connectivity index (χ1) is 7.95. The zero-order chi connectivity index (χ0) is 13.1. The van der Waals surface area contributed by atoms with Crippen molar-refractivity contribution in [1.29, 1.82) is 0 Å². The van der Waals surface area contributed by atoms with Gasteiger partial charge in [-0.1, -0.05) is 37.9 Å². The van der Waals surface area contributed by atoms with Crippen LogP contribution in [0.2, 0.25) is 25.7 Å². The van der Waals surface area contributed by atoms with Gasteiger partial charge in [-0.25, -0.2) is 0 Å². The number of ketones is 1. The van der Waals surface area contributed by atoms with Gasteiger partial charge in [0, 0.05) is 14.7 Å². The van der Waals surface area contributed by atoms with Crippen molar-refractivity contribution in [2.75, 3.05) is 20.0 Å². The SMILES string of the molecule is C/C=C/C=C/C(=O)COCOCC[Si](C)(C)C. The monoisotopic (exact) mass is 256 g/mol. The van der Waals surface area contributed by atoms with E-state index >= 15 is 0 Å². The molecule has 0 aliphatic carbocycles. The number of carbonyl (C=O) groups is 1. The van der Waals surface area contributed by atoms with Gasteiger partial charge in [0.15, 0.2) is 5.78 Å². The maximum Gasteiger partial charge on any atom is 0.181 e. The van der Waals surface area contributed by atoms with E-state index in [0.717, 1.165) is 12.7 Å². The highest BCUT2D eigenvalue weighted by Crippen LogP contribution is 2.07. The maximum absolute atomic E-state index is 11.2. The van der Waals surface area contributed by atoms with Gasteiger partial charge in [-0.2, -0.15) is 0 Å². The standard InChI is InChI=1S/C13H24O3Si/c1-5-6-7-8-13(14)11-16-12-15-9-10-17(2,3)4/h5-8H,9-12H2,1-4H3/b6-5+,8-7+. The van der Waals surface area contributed by atoms with E-state index in [1.54, 1.807) is 6.08 Å². The van der Waals surface area contributed by atoms with Gasteiger partial charge in [-0.05, 0) is 19.0 Å². The van der Waals surface area contributed by atoms with E-state index in [-0.39, 0.29) is 19.2 Å². The van der Waals surface area contributed by atoms with Crippen molar-refractivity contribution in [3.8, 4) is 0 Å². The second kappa shape index (κ2) is 9.33. The number of allylic oxidation sites excluding steroid dienone is 3. The number of ether oxygens (including phenoxy) is 2. The van der Waals surface area contributed by atoms with Crippen LogP contribution in [-0.4, -0.2) is 33.9 Å². The van der Waals surface area contributed by atoms with E-state index in [9.17, 15) is 4.79 Å². The van der Waals surface area contributed by atoms with Crippen molar-refractivity contribution in [1.82, 2.24) is 0 Å². The molecule has 0 aromatic heterocycles. The average molecular weight is 256 g/mol. The molecule has 0 aromatic carbocycles. The molecule has 0 aromatic rings. The van der Waals surface area contributed by atoms with Crippen LogP contribution in [0.25, 0.3) is 0 Å². The summed E-state index contributed by atoms with van der Waals surface area (Å²) < 4.78 is 10.4. The molecule has 0 spiro atoms. The fourth-order valence-corrected chi connectivity index (χ4v) is 1.72. The van der Waals surface area contributed by atoms with E-state index < -0.39 is 8.07 Å². The Morgan fingerprint density at radius 2 is 1.88 bits per heavy atom. The number of carbonyl (C=O) groups excluding carboxylic acids is 1. The molecule has 0 atom stereocenters. The van der Waals surface area contributed by atoms with Crippen molar-refractivity contribution in [3.63, 3.8) is 0 Å². The minimum Gasteiger partial charge on any atom is -0.356 e. The quantitative estimate of drug-likeness (QED) is 0.209. The molecule has 17 heavy (non-hydrogen) atoms. The van der Waals surface area contributed by atoms with Gasteiger partial charge in [0.05, 0.1) is 0 Å². The Balaban J connectivity index is 3.43. The van der Waals surface area contributed by atoms with Crippen molar-refractivity contribution in [2.24, 2.45) is 0 Å². The van der Waals surface area contributed by atoms with Gasteiger partial charge in [0.2, 0.25) is 0 Å². The average Bonchev–Trinajstić information content (AvgIpc) is 2.22. The Morgan fingerprint density at radius 3 is 2.47 bits per heavy atom. The fraction of sp³-hybridized carbons (Fsp3) is 0.615. The molecular weight excluding hydrogens is 232 g/mol. The third-order valence-corrected chi connectivity index (χ3v) is 3.70. The molecule has 3 nitrogen and oxygen atoms in total. The molecule has 0 heterocycles. The lowest BCUT2D eigenvalue weighted by Gasteiger charge is -2.15. The van der Waals surface area contributed by atoms with E-state index in [1.165, 1.54) is 6.08 Å². The molecule has 98 valence electrons. The topological polar surface area (TPSA) is 35.5 Å². The molecule has 0 fully saturated rings. The molecule has 0 rings (SSSR count). The molecular formula is C13H24O3Si. The first-order valence-electron chi connectivity index (χ1n) is 5.93. The van der Waals surface area contributed by atoms with Gasteiger partial charge >= 0.3 is 0 Å². The largest absolute Gasteiger partial charge is 0.356 e. The summed E-state index contributed by atoms with van der Waals surface area (Å²) in [5.74, 6) is -0.0445. The van der Waals surface area contributed by atoms with E-state index in [1.807, 2.05) is 19.1 Å². The second-order valence-corrected chi connectivity index (χ2v) is 10.7. The normalized spacial score (nSPS) is 12.7. The van der Waals surface area contributed by atoms with Crippen molar-refractivity contribution in [3.05, 3.63) is 24.3 Å². The van der Waals surface area contributed by atoms with Gasteiger partial charge < -0.3 is 9.47 Å². The first kappa shape index (κ1) is 16.3. The minimum absolute atomic E-state index is 0.0445. The van der Waals surface area contributed by atoms with Crippen LogP contribution in [0.3, 0.4) is 0 Å². The highest BCUT2D eigenvalue weighted by atomic mass is 28.3. The summed E-state index contributed by atoms with van der Waals surface area (Å²) in [6.45, 7) is 9.80. The Hall–Kier alpha value is -0.713. The summed E-state index contributed by atoms with van der Waals surface area (Å²) in [5.41, 5.74) is 0. The van der Waals surface area contributed by atoms with Crippen molar-refractivity contribution >= 4 is 13.9 Å². The molecule has 0 aliphatic rings. The summed E-state index contributed by atoms with van der Waals surface area (Å²) in [6, 6.07) is 1.12. The minimum atomic E-state index is -1.03. The molecule has 0 amide bonds. The number of hydrogen-bond donors (Lipinski definition) is 0. The Morgan fingerprint density at radius 1 is 1.18 bits per heavy atom. The van der Waals surface area contributed by atoms with E-state index in [4.69, 9.17) is 9.47 Å². The molecule has 0 radical (unpaired) electrons. The molecule has 0 saturated carbocycles. The highest BCUT2D eigenvalue weighted by molar-refractivity contribution is 6.76. The third kappa shape index (κ3) is 13.2. The van der Waals surface area contributed by atoms with Gasteiger partial charge in [-0.3, -0.25) is 4.79 Å². The Kier molecular flexibility index (Phi) is 8.94. The van der Waals surface area contributed by atoms with Crippen LogP contribution >= 0.6 is 0 Å². The summed E-state index contributed by atoms with van der Waals surface area (Å²) in [7, 11) is -1.03. The van der Waals surface area contributed by atoms with Crippen LogP contribution in [0.4, 0.5) is 0 Å². The summed E-state index contributed by atoms with van der Waals surface area (Å²) in [6.07, 6.45) is 6.88. The van der Waals surface area contributed by atoms with Crippen LogP contribution in [-0.2, 0) is 14.3 Å². The van der Waals surface area contributed by atoms with Crippen LogP contribution in [0.15, 0.2) is 24.3 Å². The smallest absolute Gasteiger partial charge is 0.181 e. The van der Waals surface area contributed by atoms with Gasteiger partial charge in [0.25, 0.3) is 0 Å². The molecule has 0 saturated heterocycles. The molecule has 4 heteroatoms. The third-order valence-electron chi connectivity index (χ3n) is 1.99. The van der Waals surface area contributed by atoms with Gasteiger partial charge in [-0.15, -0.1) is 0 Å². The highest BCUT2D eigenvalue weighted by Gasteiger charge is 2.11. The summed E-state index contributed by atoms with van der Waals surface area (Å²) in [5, 5.41) is 0. The van der Waals surface area contributed by atoms with Crippen molar-refractivity contribution < 1.29 is 14.3 Å². The predicted molar refractivity (Wildman–Crippen MR) is 73.9 cm³/mol. The zero-order valence-corrected chi connectivity index (χ0v) is 12.4. The summed E-state index contributed by atoms with van der Waals surface area (Å²) in [4.78, 5) is 11.2. The lowest BCUT2D eigenvalue weighted by Crippen LogP contribution is -2.22. The Bertz CT molecular complexity index is 264. The van der Waals surface area contributed by atoms with Crippen molar-refractivity contribution in [2.45, 2.75) is 32.6 Å². The zero-order valence-electron chi connectivity index (χ0n) is 11.4. The maximum atomic E-state index is 11.2. The van der Waals surface area contributed by atoms with Crippen LogP contribution in [0, 0.1) is 0 Å². The molecule has 0 unspecified atom stereocenters. The van der Waals surface area contributed by atoms with Crippen LogP contribution < -0.4 is 0 Å². The lowest BCUT2D eigenvalue weighted by atomic mass is 10.3. The number of hydrogen-bond acceptors (Lipinski definition) is 3. The summed E-state index contributed by atoms with van der Waals surface area (Å²) >= 11 is 0. The van der Waals surface area contributed by atoms with Crippen LogP contribution in [0.1, 0.15) is 6.92 Å².